The Morgan fingerprint density at radius 2 is 2.00 bits per heavy atom. The Morgan fingerprint density at radius 3 is 2.71 bits per heavy atom. The van der Waals surface area contributed by atoms with E-state index in [1.807, 2.05) is 12.1 Å². The van der Waals surface area contributed by atoms with Gasteiger partial charge in [0.15, 0.2) is 0 Å². The van der Waals surface area contributed by atoms with Crippen LogP contribution in [0.3, 0.4) is 0 Å². The first-order chi connectivity index (χ1) is 8.31. The van der Waals surface area contributed by atoms with Crippen LogP contribution in [0.4, 0.5) is 0 Å². The second kappa shape index (κ2) is 5.84. The van der Waals surface area contributed by atoms with Gasteiger partial charge in [-0.25, -0.2) is 0 Å². The van der Waals surface area contributed by atoms with Crippen LogP contribution >= 0.6 is 11.3 Å². The SMILES string of the molecule is CCc1cccc(OCc2ccc(CN)s2)c1. The van der Waals surface area contributed by atoms with Gasteiger partial charge in [0, 0.05) is 16.3 Å². The number of hydrogen-bond acceptors (Lipinski definition) is 3. The van der Waals surface area contributed by atoms with Crippen LogP contribution in [0.15, 0.2) is 36.4 Å². The fraction of sp³-hybridized carbons (Fsp3) is 0.286. The summed E-state index contributed by atoms with van der Waals surface area (Å²) >= 11 is 1.71. The van der Waals surface area contributed by atoms with Gasteiger partial charge in [-0.1, -0.05) is 19.1 Å². The zero-order valence-corrected chi connectivity index (χ0v) is 10.8. The number of benzene rings is 1. The van der Waals surface area contributed by atoms with Gasteiger partial charge in [-0.05, 0) is 36.2 Å². The molecular weight excluding hydrogens is 230 g/mol. The van der Waals surface area contributed by atoms with E-state index in [0.29, 0.717) is 13.2 Å². The first-order valence-electron chi connectivity index (χ1n) is 5.81. The molecule has 0 aliphatic rings. The predicted octanol–water partition coefficient (Wildman–Crippen LogP) is 3.35. The number of rotatable bonds is 5. The van der Waals surface area contributed by atoms with Gasteiger partial charge in [0.05, 0.1) is 0 Å². The van der Waals surface area contributed by atoms with Gasteiger partial charge in [-0.15, -0.1) is 11.3 Å². The third-order valence-corrected chi connectivity index (χ3v) is 3.69. The molecule has 1 aromatic carbocycles. The maximum atomic E-state index is 5.76. The molecular formula is C14H17NOS. The Bertz CT molecular complexity index is 479. The topological polar surface area (TPSA) is 35.2 Å². The van der Waals surface area contributed by atoms with Crippen molar-refractivity contribution < 1.29 is 4.74 Å². The smallest absolute Gasteiger partial charge is 0.122 e. The molecule has 0 aliphatic carbocycles. The van der Waals surface area contributed by atoms with Gasteiger partial charge in [-0.3, -0.25) is 0 Å². The lowest BCUT2D eigenvalue weighted by Crippen LogP contribution is -1.94. The Morgan fingerprint density at radius 1 is 1.18 bits per heavy atom. The minimum Gasteiger partial charge on any atom is -0.488 e. The summed E-state index contributed by atoms with van der Waals surface area (Å²) in [7, 11) is 0. The lowest BCUT2D eigenvalue weighted by Gasteiger charge is -2.05. The van der Waals surface area contributed by atoms with E-state index in [2.05, 4.69) is 31.2 Å². The molecule has 17 heavy (non-hydrogen) atoms. The van der Waals surface area contributed by atoms with Crippen molar-refractivity contribution in [3.63, 3.8) is 0 Å². The zero-order valence-electron chi connectivity index (χ0n) is 9.98. The highest BCUT2D eigenvalue weighted by atomic mass is 32.1. The van der Waals surface area contributed by atoms with Crippen molar-refractivity contribution in [1.29, 1.82) is 0 Å². The van der Waals surface area contributed by atoms with E-state index >= 15 is 0 Å². The largest absolute Gasteiger partial charge is 0.488 e. The first kappa shape index (κ1) is 12.1. The summed E-state index contributed by atoms with van der Waals surface area (Å²) in [5.74, 6) is 0.937. The number of thiophene rings is 1. The number of nitrogens with two attached hydrogens (primary N) is 1. The van der Waals surface area contributed by atoms with E-state index in [4.69, 9.17) is 10.5 Å². The summed E-state index contributed by atoms with van der Waals surface area (Å²) < 4.78 is 5.76. The highest BCUT2D eigenvalue weighted by Crippen LogP contribution is 2.19. The van der Waals surface area contributed by atoms with Crippen molar-refractivity contribution >= 4 is 11.3 Å². The van der Waals surface area contributed by atoms with E-state index in [-0.39, 0.29) is 0 Å². The van der Waals surface area contributed by atoms with Gasteiger partial charge in [0.1, 0.15) is 12.4 Å². The molecule has 0 unspecified atom stereocenters. The molecule has 0 atom stereocenters. The Balaban J connectivity index is 1.96. The van der Waals surface area contributed by atoms with Crippen LogP contribution in [0.1, 0.15) is 22.2 Å². The summed E-state index contributed by atoms with van der Waals surface area (Å²) in [4.78, 5) is 2.42. The molecule has 3 heteroatoms. The number of aryl methyl sites for hydroxylation is 1. The monoisotopic (exact) mass is 247 g/mol. The molecule has 0 aliphatic heterocycles. The molecule has 2 N–H and O–H groups in total. The van der Waals surface area contributed by atoms with Crippen molar-refractivity contribution in [2.45, 2.75) is 26.5 Å². The molecule has 0 radical (unpaired) electrons. The Labute approximate surface area is 106 Å². The van der Waals surface area contributed by atoms with E-state index in [9.17, 15) is 0 Å². The molecule has 0 saturated carbocycles. The lowest BCUT2D eigenvalue weighted by atomic mass is 10.2. The average molecular weight is 247 g/mol. The molecule has 0 saturated heterocycles. The molecule has 0 bridgehead atoms. The normalized spacial score (nSPS) is 10.5. The van der Waals surface area contributed by atoms with Gasteiger partial charge in [-0.2, -0.15) is 0 Å². The van der Waals surface area contributed by atoms with Crippen molar-refractivity contribution in [1.82, 2.24) is 0 Å². The summed E-state index contributed by atoms with van der Waals surface area (Å²) in [6.07, 6.45) is 1.04. The van der Waals surface area contributed by atoms with Crippen molar-refractivity contribution in [3.05, 3.63) is 51.7 Å². The molecule has 1 aromatic heterocycles. The van der Waals surface area contributed by atoms with Crippen molar-refractivity contribution in [3.8, 4) is 5.75 Å². The van der Waals surface area contributed by atoms with Crippen LogP contribution in [0.2, 0.25) is 0 Å². The van der Waals surface area contributed by atoms with E-state index in [0.717, 1.165) is 12.2 Å². The fourth-order valence-electron chi connectivity index (χ4n) is 1.62. The molecule has 2 aromatic rings. The maximum Gasteiger partial charge on any atom is 0.122 e. The number of hydrogen-bond donors (Lipinski definition) is 1. The zero-order chi connectivity index (χ0) is 12.1. The molecule has 90 valence electrons. The molecule has 0 spiro atoms. The van der Waals surface area contributed by atoms with Crippen LogP contribution in [0.5, 0.6) is 5.75 Å². The summed E-state index contributed by atoms with van der Waals surface area (Å²) in [6.45, 7) is 3.37. The maximum absolute atomic E-state index is 5.76. The average Bonchev–Trinajstić information content (AvgIpc) is 2.84. The highest BCUT2D eigenvalue weighted by molar-refractivity contribution is 7.11. The van der Waals surface area contributed by atoms with Crippen LogP contribution in [0, 0.1) is 0 Å². The third kappa shape index (κ3) is 3.32. The van der Waals surface area contributed by atoms with Crippen LogP contribution in [0.25, 0.3) is 0 Å². The quantitative estimate of drug-likeness (QED) is 0.879. The van der Waals surface area contributed by atoms with Gasteiger partial charge < -0.3 is 10.5 Å². The summed E-state index contributed by atoms with van der Waals surface area (Å²) in [5, 5.41) is 0. The van der Waals surface area contributed by atoms with Crippen LogP contribution < -0.4 is 10.5 Å². The van der Waals surface area contributed by atoms with Gasteiger partial charge in [0.2, 0.25) is 0 Å². The van der Waals surface area contributed by atoms with E-state index < -0.39 is 0 Å². The fourth-order valence-corrected chi connectivity index (χ4v) is 2.43. The molecule has 2 rings (SSSR count). The second-order valence-electron chi connectivity index (χ2n) is 3.86. The molecule has 1 heterocycles. The standard InChI is InChI=1S/C14H17NOS/c1-2-11-4-3-5-12(8-11)16-10-14-7-6-13(9-15)17-14/h3-8H,2,9-10,15H2,1H3. The van der Waals surface area contributed by atoms with Crippen molar-refractivity contribution in [2.75, 3.05) is 0 Å². The predicted molar refractivity (Wildman–Crippen MR) is 72.4 cm³/mol. The van der Waals surface area contributed by atoms with Gasteiger partial charge in [0.25, 0.3) is 0 Å². The van der Waals surface area contributed by atoms with Crippen LogP contribution in [-0.2, 0) is 19.6 Å². The Hall–Kier alpha value is -1.32. The van der Waals surface area contributed by atoms with E-state index in [1.165, 1.54) is 15.3 Å². The molecule has 0 fully saturated rings. The minimum atomic E-state index is 0.607. The lowest BCUT2D eigenvalue weighted by molar-refractivity contribution is 0.309. The minimum absolute atomic E-state index is 0.607. The summed E-state index contributed by atoms with van der Waals surface area (Å²) in [6, 6.07) is 12.4. The van der Waals surface area contributed by atoms with Crippen LogP contribution in [-0.4, -0.2) is 0 Å². The number of ether oxygens (including phenoxy) is 1. The first-order valence-corrected chi connectivity index (χ1v) is 6.63. The second-order valence-corrected chi connectivity index (χ2v) is 5.11. The van der Waals surface area contributed by atoms with Gasteiger partial charge >= 0.3 is 0 Å². The third-order valence-electron chi connectivity index (χ3n) is 2.61. The molecule has 0 amide bonds. The highest BCUT2D eigenvalue weighted by Gasteiger charge is 2.00. The van der Waals surface area contributed by atoms with Crippen molar-refractivity contribution in [2.24, 2.45) is 5.73 Å². The van der Waals surface area contributed by atoms with E-state index in [1.54, 1.807) is 11.3 Å². The molecule has 2 nitrogen and oxygen atoms in total. The Kier molecular flexibility index (Phi) is 4.18. The summed E-state index contributed by atoms with van der Waals surface area (Å²) in [5.41, 5.74) is 6.88.